The normalized spacial score (nSPS) is 17.4. The Labute approximate surface area is 131 Å². The van der Waals surface area contributed by atoms with Crippen molar-refractivity contribution in [2.75, 3.05) is 25.4 Å². The second-order valence-corrected chi connectivity index (χ2v) is 6.89. The molecule has 0 aromatic heterocycles. The lowest BCUT2D eigenvalue weighted by atomic mass is 9.97. The number of rotatable bonds is 10. The molecule has 1 aliphatic heterocycles. The Hall–Kier alpha value is -0.750. The number of thioether (sulfide) groups is 1. The second-order valence-electron chi connectivity index (χ2n) is 5.61. The van der Waals surface area contributed by atoms with E-state index in [0.717, 1.165) is 38.8 Å². The van der Waals surface area contributed by atoms with Crippen LogP contribution in [-0.4, -0.2) is 47.6 Å². The maximum Gasteiger partial charge on any atom is 0.303 e. The molecule has 122 valence electrons. The maximum atomic E-state index is 11.8. The maximum absolute atomic E-state index is 11.8. The van der Waals surface area contributed by atoms with Crippen molar-refractivity contribution in [3.05, 3.63) is 0 Å². The van der Waals surface area contributed by atoms with Gasteiger partial charge in [-0.25, -0.2) is 0 Å². The zero-order valence-electron chi connectivity index (χ0n) is 12.9. The van der Waals surface area contributed by atoms with Crippen LogP contribution in [0.3, 0.4) is 0 Å². The van der Waals surface area contributed by atoms with Crippen LogP contribution in [0.15, 0.2) is 0 Å². The summed E-state index contributed by atoms with van der Waals surface area (Å²) in [6.45, 7) is 4.84. The van der Waals surface area contributed by atoms with Crippen molar-refractivity contribution in [3.8, 4) is 0 Å². The fourth-order valence-electron chi connectivity index (χ4n) is 2.50. The molecule has 0 spiro atoms. The molecule has 0 bridgehead atoms. The topological polar surface area (TPSA) is 78.4 Å². The number of carboxylic acid groups (broad SMARTS) is 1. The monoisotopic (exact) mass is 316 g/mol. The first kappa shape index (κ1) is 18.3. The zero-order valence-corrected chi connectivity index (χ0v) is 13.7. The van der Waals surface area contributed by atoms with Crippen molar-refractivity contribution in [1.82, 2.24) is 10.6 Å². The van der Waals surface area contributed by atoms with E-state index in [1.807, 2.05) is 0 Å². The van der Waals surface area contributed by atoms with Crippen LogP contribution in [0.25, 0.3) is 0 Å². The highest BCUT2D eigenvalue weighted by molar-refractivity contribution is 8.00. The van der Waals surface area contributed by atoms with Gasteiger partial charge < -0.3 is 15.7 Å². The van der Waals surface area contributed by atoms with Crippen LogP contribution in [0.4, 0.5) is 0 Å². The Kier molecular flexibility index (Phi) is 9.50. The second kappa shape index (κ2) is 10.9. The molecule has 6 heteroatoms. The summed E-state index contributed by atoms with van der Waals surface area (Å²) in [5.74, 6) is 0.289. The highest BCUT2D eigenvalue weighted by atomic mass is 32.2. The van der Waals surface area contributed by atoms with Crippen LogP contribution in [0.2, 0.25) is 0 Å². The lowest BCUT2D eigenvalue weighted by Gasteiger charge is -2.21. The van der Waals surface area contributed by atoms with E-state index in [2.05, 4.69) is 17.6 Å². The first-order valence-electron chi connectivity index (χ1n) is 7.92. The Balaban J connectivity index is 2.06. The zero-order chi connectivity index (χ0) is 15.5. The number of carbonyl (C=O) groups is 2. The molecule has 1 rings (SSSR count). The quantitative estimate of drug-likeness (QED) is 0.573. The molecule has 1 amide bonds. The lowest BCUT2D eigenvalue weighted by molar-refractivity contribution is -0.137. The fourth-order valence-corrected chi connectivity index (χ4v) is 3.56. The van der Waals surface area contributed by atoms with E-state index in [9.17, 15) is 9.59 Å². The standard InChI is InChI=1S/C15H28N2O3S/c1-2-12(3-4-15(19)20)5-10-17-14(18)11-21-13-6-8-16-9-7-13/h12-13,16H,2-11H2,1H3,(H,17,18)(H,19,20). The van der Waals surface area contributed by atoms with Gasteiger partial charge in [0.25, 0.3) is 0 Å². The number of carbonyl (C=O) groups excluding carboxylic acids is 1. The van der Waals surface area contributed by atoms with Gasteiger partial charge in [0, 0.05) is 18.2 Å². The van der Waals surface area contributed by atoms with Gasteiger partial charge in [-0.15, -0.1) is 11.8 Å². The molecule has 1 heterocycles. The van der Waals surface area contributed by atoms with Gasteiger partial charge in [0.05, 0.1) is 5.75 Å². The molecule has 1 fully saturated rings. The number of aliphatic carboxylic acids is 1. The van der Waals surface area contributed by atoms with E-state index >= 15 is 0 Å². The van der Waals surface area contributed by atoms with Crippen LogP contribution in [0.5, 0.6) is 0 Å². The van der Waals surface area contributed by atoms with Crippen molar-refractivity contribution < 1.29 is 14.7 Å². The first-order chi connectivity index (χ1) is 10.1. The summed E-state index contributed by atoms with van der Waals surface area (Å²) in [7, 11) is 0. The number of amides is 1. The molecule has 1 aliphatic rings. The molecule has 5 nitrogen and oxygen atoms in total. The van der Waals surface area contributed by atoms with Gasteiger partial charge in [-0.05, 0) is 44.7 Å². The molecule has 3 N–H and O–H groups in total. The number of carboxylic acids is 1. The van der Waals surface area contributed by atoms with Crippen LogP contribution < -0.4 is 10.6 Å². The van der Waals surface area contributed by atoms with Gasteiger partial charge in [0.1, 0.15) is 0 Å². The van der Waals surface area contributed by atoms with Gasteiger partial charge in [0.2, 0.25) is 5.91 Å². The first-order valence-corrected chi connectivity index (χ1v) is 8.97. The fraction of sp³-hybridized carbons (Fsp3) is 0.867. The van der Waals surface area contributed by atoms with E-state index in [-0.39, 0.29) is 12.3 Å². The molecule has 1 atom stereocenters. The Morgan fingerprint density at radius 2 is 2.05 bits per heavy atom. The van der Waals surface area contributed by atoms with Crippen LogP contribution >= 0.6 is 11.8 Å². The molecule has 1 saturated heterocycles. The largest absolute Gasteiger partial charge is 0.481 e. The Morgan fingerprint density at radius 3 is 2.67 bits per heavy atom. The van der Waals surface area contributed by atoms with Crippen molar-refractivity contribution in [2.24, 2.45) is 5.92 Å². The minimum absolute atomic E-state index is 0.103. The Bertz CT molecular complexity index is 320. The van der Waals surface area contributed by atoms with Crippen LogP contribution in [0, 0.1) is 5.92 Å². The van der Waals surface area contributed by atoms with Gasteiger partial charge in [-0.3, -0.25) is 9.59 Å². The van der Waals surface area contributed by atoms with Crippen LogP contribution in [0.1, 0.15) is 45.4 Å². The predicted molar refractivity (Wildman–Crippen MR) is 86.6 cm³/mol. The number of piperidine rings is 1. The van der Waals surface area contributed by atoms with Gasteiger partial charge in [-0.2, -0.15) is 0 Å². The summed E-state index contributed by atoms with van der Waals surface area (Å²) in [4.78, 5) is 22.3. The van der Waals surface area contributed by atoms with Crippen molar-refractivity contribution in [3.63, 3.8) is 0 Å². The molecule has 0 radical (unpaired) electrons. The van der Waals surface area contributed by atoms with E-state index < -0.39 is 5.97 Å². The Morgan fingerprint density at radius 1 is 1.33 bits per heavy atom. The summed E-state index contributed by atoms with van der Waals surface area (Å²) in [6, 6.07) is 0. The summed E-state index contributed by atoms with van der Waals surface area (Å²) in [5.41, 5.74) is 0. The third-order valence-electron chi connectivity index (χ3n) is 3.95. The summed E-state index contributed by atoms with van der Waals surface area (Å²) in [5, 5.41) is 15.6. The van der Waals surface area contributed by atoms with Gasteiger partial charge >= 0.3 is 5.97 Å². The van der Waals surface area contributed by atoms with Crippen LogP contribution in [-0.2, 0) is 9.59 Å². The molecular weight excluding hydrogens is 288 g/mol. The summed E-state index contributed by atoms with van der Waals surface area (Å²) >= 11 is 1.75. The number of hydrogen-bond acceptors (Lipinski definition) is 4. The van der Waals surface area contributed by atoms with Gasteiger partial charge in [-0.1, -0.05) is 13.3 Å². The third-order valence-corrected chi connectivity index (χ3v) is 5.33. The number of hydrogen-bond donors (Lipinski definition) is 3. The predicted octanol–water partition coefficient (Wildman–Crippen LogP) is 1.87. The average Bonchev–Trinajstić information content (AvgIpc) is 2.49. The molecule has 0 saturated carbocycles. The van der Waals surface area contributed by atoms with Crippen molar-refractivity contribution in [1.29, 1.82) is 0 Å². The highest BCUT2D eigenvalue weighted by Gasteiger charge is 2.15. The smallest absolute Gasteiger partial charge is 0.303 e. The lowest BCUT2D eigenvalue weighted by Crippen LogP contribution is -2.32. The molecule has 0 aromatic rings. The van der Waals surface area contributed by atoms with E-state index in [0.29, 0.717) is 29.9 Å². The number of nitrogens with one attached hydrogen (secondary N) is 2. The highest BCUT2D eigenvalue weighted by Crippen LogP contribution is 2.19. The van der Waals surface area contributed by atoms with Crippen molar-refractivity contribution in [2.45, 2.75) is 50.7 Å². The van der Waals surface area contributed by atoms with E-state index in [4.69, 9.17) is 5.11 Å². The van der Waals surface area contributed by atoms with Crippen molar-refractivity contribution >= 4 is 23.6 Å². The SMILES string of the molecule is CCC(CCNC(=O)CSC1CCNCC1)CCC(=O)O. The summed E-state index contributed by atoms with van der Waals surface area (Å²) in [6.07, 6.45) is 5.04. The van der Waals surface area contributed by atoms with E-state index in [1.54, 1.807) is 11.8 Å². The average molecular weight is 316 g/mol. The molecule has 0 aliphatic carbocycles. The molecule has 1 unspecified atom stereocenters. The van der Waals surface area contributed by atoms with Gasteiger partial charge in [0.15, 0.2) is 0 Å². The third kappa shape index (κ3) is 8.98. The van der Waals surface area contributed by atoms with E-state index in [1.165, 1.54) is 0 Å². The minimum Gasteiger partial charge on any atom is -0.481 e. The molecular formula is C15H28N2O3S. The minimum atomic E-state index is -0.740. The summed E-state index contributed by atoms with van der Waals surface area (Å²) < 4.78 is 0. The molecule has 0 aromatic carbocycles. The molecule has 21 heavy (non-hydrogen) atoms.